The lowest BCUT2D eigenvalue weighted by Crippen LogP contribution is -2.27. The van der Waals surface area contributed by atoms with E-state index in [4.69, 9.17) is 0 Å². The van der Waals surface area contributed by atoms with Gasteiger partial charge in [0.05, 0.1) is 6.20 Å². The third-order valence-electron chi connectivity index (χ3n) is 4.64. The molecule has 0 bridgehead atoms. The fraction of sp³-hybridized carbons (Fsp3) is 0.800. The maximum absolute atomic E-state index is 4.49. The molecule has 2 saturated carbocycles. The van der Waals surface area contributed by atoms with Crippen LogP contribution in [0.2, 0.25) is 0 Å². The van der Waals surface area contributed by atoms with E-state index in [0.717, 1.165) is 37.3 Å². The molecule has 3 rings (SSSR count). The zero-order valence-electron chi connectivity index (χ0n) is 11.6. The van der Waals surface area contributed by atoms with Crippen LogP contribution in [0.3, 0.4) is 0 Å². The van der Waals surface area contributed by atoms with Gasteiger partial charge in [-0.05, 0) is 50.0 Å². The Morgan fingerprint density at radius 1 is 1.33 bits per heavy atom. The molecular weight excluding hydrogens is 222 g/mol. The molecule has 2 aliphatic carbocycles. The number of nitrogens with one attached hydrogen (secondary N) is 1. The van der Waals surface area contributed by atoms with Gasteiger partial charge in [-0.25, -0.2) is 0 Å². The number of nitrogens with zero attached hydrogens (tertiary/aromatic N) is 2. The summed E-state index contributed by atoms with van der Waals surface area (Å²) in [4.78, 5) is 0. The molecule has 0 saturated heterocycles. The summed E-state index contributed by atoms with van der Waals surface area (Å²) in [7, 11) is 0. The third kappa shape index (κ3) is 2.33. The molecule has 1 aromatic heterocycles. The van der Waals surface area contributed by atoms with Gasteiger partial charge in [0.15, 0.2) is 0 Å². The average Bonchev–Trinajstić information content (AvgIpc) is 2.79. The van der Waals surface area contributed by atoms with Gasteiger partial charge in [-0.2, -0.15) is 5.10 Å². The largest absolute Gasteiger partial charge is 0.310 e. The summed E-state index contributed by atoms with van der Waals surface area (Å²) < 4.78 is 2.09. The van der Waals surface area contributed by atoms with E-state index in [2.05, 4.69) is 41.3 Å². The van der Waals surface area contributed by atoms with Crippen LogP contribution in [-0.4, -0.2) is 16.3 Å². The van der Waals surface area contributed by atoms with Crippen LogP contribution < -0.4 is 5.32 Å². The van der Waals surface area contributed by atoms with Gasteiger partial charge >= 0.3 is 0 Å². The molecule has 0 aromatic carbocycles. The van der Waals surface area contributed by atoms with Crippen molar-refractivity contribution in [3.05, 3.63) is 18.0 Å². The first-order valence-electron chi connectivity index (χ1n) is 7.57. The van der Waals surface area contributed by atoms with E-state index in [9.17, 15) is 0 Å². The first-order chi connectivity index (χ1) is 8.81. The van der Waals surface area contributed by atoms with Gasteiger partial charge in [-0.3, -0.25) is 4.68 Å². The van der Waals surface area contributed by atoms with Crippen LogP contribution in [-0.2, 0) is 6.54 Å². The summed E-state index contributed by atoms with van der Waals surface area (Å²) in [5.74, 6) is 2.96. The van der Waals surface area contributed by atoms with Crippen LogP contribution in [0.5, 0.6) is 0 Å². The third-order valence-corrected chi connectivity index (χ3v) is 4.64. The van der Waals surface area contributed by atoms with Crippen molar-refractivity contribution in [2.24, 2.45) is 17.8 Å². The van der Waals surface area contributed by atoms with Crippen LogP contribution in [0, 0.1) is 17.8 Å². The Bertz CT molecular complexity index is 388. The summed E-state index contributed by atoms with van der Waals surface area (Å²) in [5.41, 5.74) is 1.40. The van der Waals surface area contributed by atoms with E-state index in [1.807, 2.05) is 0 Å². The number of hydrogen-bond donors (Lipinski definition) is 1. The zero-order valence-corrected chi connectivity index (χ0v) is 11.6. The molecule has 100 valence electrons. The second kappa shape index (κ2) is 5.04. The van der Waals surface area contributed by atoms with Crippen molar-refractivity contribution in [1.82, 2.24) is 15.1 Å². The number of fused-ring (bicyclic) bond motifs is 1. The molecule has 0 spiro atoms. The van der Waals surface area contributed by atoms with Crippen molar-refractivity contribution < 1.29 is 0 Å². The smallest absolute Gasteiger partial charge is 0.0537 e. The van der Waals surface area contributed by atoms with Gasteiger partial charge in [-0.1, -0.05) is 13.8 Å². The van der Waals surface area contributed by atoms with Gasteiger partial charge in [0.2, 0.25) is 0 Å². The average molecular weight is 247 g/mol. The van der Waals surface area contributed by atoms with Crippen molar-refractivity contribution >= 4 is 0 Å². The van der Waals surface area contributed by atoms with Crippen LogP contribution in [0.15, 0.2) is 12.4 Å². The molecule has 0 amide bonds. The van der Waals surface area contributed by atoms with Gasteiger partial charge in [0.25, 0.3) is 0 Å². The fourth-order valence-electron chi connectivity index (χ4n) is 3.70. The molecule has 18 heavy (non-hydrogen) atoms. The fourth-order valence-corrected chi connectivity index (χ4v) is 3.70. The Hall–Kier alpha value is -0.830. The molecule has 1 aromatic rings. The van der Waals surface area contributed by atoms with E-state index in [-0.39, 0.29) is 0 Å². The Labute approximate surface area is 110 Å². The van der Waals surface area contributed by atoms with Crippen molar-refractivity contribution in [3.8, 4) is 0 Å². The van der Waals surface area contributed by atoms with Crippen molar-refractivity contribution in [2.75, 3.05) is 6.54 Å². The van der Waals surface area contributed by atoms with Crippen molar-refractivity contribution in [3.63, 3.8) is 0 Å². The maximum atomic E-state index is 4.49. The van der Waals surface area contributed by atoms with Gasteiger partial charge in [0, 0.05) is 24.3 Å². The lowest BCUT2D eigenvalue weighted by Gasteiger charge is -2.24. The molecular formula is C15H25N3. The zero-order chi connectivity index (χ0) is 12.5. The van der Waals surface area contributed by atoms with E-state index in [0.29, 0.717) is 6.04 Å². The number of aryl methyl sites for hydroxylation is 1. The topological polar surface area (TPSA) is 29.9 Å². The SMILES string of the molecule is CCCn1cc(C(NCC)C2CC3CC3C2)cn1. The van der Waals surface area contributed by atoms with Crippen LogP contribution in [0.25, 0.3) is 0 Å². The highest BCUT2D eigenvalue weighted by molar-refractivity contribution is 5.14. The van der Waals surface area contributed by atoms with Gasteiger partial charge in [0.1, 0.15) is 0 Å². The molecule has 0 radical (unpaired) electrons. The highest BCUT2D eigenvalue weighted by atomic mass is 15.3. The molecule has 1 N–H and O–H groups in total. The Morgan fingerprint density at radius 3 is 2.78 bits per heavy atom. The first-order valence-corrected chi connectivity index (χ1v) is 7.57. The minimum atomic E-state index is 0.536. The molecule has 2 aliphatic rings. The normalized spacial score (nSPS) is 31.3. The molecule has 0 aliphatic heterocycles. The second-order valence-electron chi connectivity index (χ2n) is 6.06. The number of aromatic nitrogens is 2. The van der Waals surface area contributed by atoms with Crippen molar-refractivity contribution in [1.29, 1.82) is 0 Å². The monoisotopic (exact) mass is 247 g/mol. The lowest BCUT2D eigenvalue weighted by molar-refractivity contribution is 0.346. The van der Waals surface area contributed by atoms with E-state index < -0.39 is 0 Å². The number of hydrogen-bond acceptors (Lipinski definition) is 2. The molecule has 1 heterocycles. The van der Waals surface area contributed by atoms with E-state index in [1.54, 1.807) is 0 Å². The predicted molar refractivity (Wildman–Crippen MR) is 73.3 cm³/mol. The lowest BCUT2D eigenvalue weighted by atomic mass is 9.90. The van der Waals surface area contributed by atoms with Gasteiger partial charge < -0.3 is 5.32 Å². The predicted octanol–water partition coefficient (Wildman–Crippen LogP) is 2.99. The highest BCUT2D eigenvalue weighted by Crippen LogP contribution is 2.57. The highest BCUT2D eigenvalue weighted by Gasteiger charge is 2.48. The standard InChI is InChI=1S/C15H25N3/c1-3-5-18-10-14(9-17-18)15(16-4-2)13-7-11-6-12(11)8-13/h9-13,15-16H,3-8H2,1-2H3. The molecule has 3 atom stereocenters. The van der Waals surface area contributed by atoms with Gasteiger partial charge in [-0.15, -0.1) is 0 Å². The van der Waals surface area contributed by atoms with E-state index in [1.165, 1.54) is 24.8 Å². The number of rotatable bonds is 6. The molecule has 3 nitrogen and oxygen atoms in total. The molecule has 3 heteroatoms. The second-order valence-corrected chi connectivity index (χ2v) is 6.06. The van der Waals surface area contributed by atoms with Crippen LogP contribution in [0.1, 0.15) is 51.1 Å². The Morgan fingerprint density at radius 2 is 2.11 bits per heavy atom. The molecule has 2 fully saturated rings. The minimum Gasteiger partial charge on any atom is -0.310 e. The maximum Gasteiger partial charge on any atom is 0.0537 e. The first kappa shape index (κ1) is 12.2. The summed E-state index contributed by atoms with van der Waals surface area (Å²) in [5, 5.41) is 8.17. The Balaban J connectivity index is 1.71. The minimum absolute atomic E-state index is 0.536. The summed E-state index contributed by atoms with van der Waals surface area (Å²) in [6.45, 7) is 6.50. The van der Waals surface area contributed by atoms with Crippen LogP contribution >= 0.6 is 0 Å². The quantitative estimate of drug-likeness (QED) is 0.837. The Kier molecular flexibility index (Phi) is 3.42. The summed E-state index contributed by atoms with van der Waals surface area (Å²) in [6, 6.07) is 0.536. The summed E-state index contributed by atoms with van der Waals surface area (Å²) in [6.07, 6.45) is 9.85. The summed E-state index contributed by atoms with van der Waals surface area (Å²) >= 11 is 0. The van der Waals surface area contributed by atoms with Crippen molar-refractivity contribution in [2.45, 2.75) is 52.1 Å². The molecule has 3 unspecified atom stereocenters. The van der Waals surface area contributed by atoms with E-state index >= 15 is 0 Å². The van der Waals surface area contributed by atoms with Crippen LogP contribution in [0.4, 0.5) is 0 Å².